The monoisotopic (exact) mass is 536 g/mol. The number of hydrogen-bond donors (Lipinski definition) is 0. The summed E-state index contributed by atoms with van der Waals surface area (Å²) in [6.07, 6.45) is 5.35. The van der Waals surface area contributed by atoms with Gasteiger partial charge in [0.05, 0.1) is 0 Å². The van der Waals surface area contributed by atoms with Gasteiger partial charge in [-0.05, 0) is 74.4 Å². The second kappa shape index (κ2) is 12.2. The molecule has 0 spiro atoms. The van der Waals surface area contributed by atoms with Crippen LogP contribution in [0.4, 0.5) is 4.79 Å². The van der Waals surface area contributed by atoms with Crippen LogP contribution < -0.4 is 4.73 Å². The molecule has 202 valence electrons. The van der Waals surface area contributed by atoms with Crippen molar-refractivity contribution >= 4 is 17.7 Å². The van der Waals surface area contributed by atoms with Gasteiger partial charge in [0.25, 0.3) is 0 Å². The molecule has 0 N–H and O–H groups in total. The number of carbonyl (C=O) groups is 1. The van der Waals surface area contributed by atoms with E-state index in [1.165, 1.54) is 11.8 Å². The summed E-state index contributed by atoms with van der Waals surface area (Å²) in [5.41, 5.74) is 4.80. The van der Waals surface area contributed by atoms with Crippen molar-refractivity contribution in [2.75, 3.05) is 26.8 Å². The number of aryl methyl sites for hydroxylation is 1. The largest absolute Gasteiger partial charge is 0.619 e. The van der Waals surface area contributed by atoms with E-state index in [0.717, 1.165) is 39.8 Å². The molecular weight excluding hydrogens is 500 g/mol. The van der Waals surface area contributed by atoms with Crippen LogP contribution in [-0.4, -0.2) is 43.4 Å². The van der Waals surface area contributed by atoms with Crippen LogP contribution in [0.25, 0.3) is 11.1 Å². The van der Waals surface area contributed by atoms with E-state index in [2.05, 4.69) is 30.3 Å². The number of aromatic nitrogens is 1. The first kappa shape index (κ1) is 27.9. The second-order valence-electron chi connectivity index (χ2n) is 10.9. The van der Waals surface area contributed by atoms with Crippen LogP contribution >= 0.6 is 11.6 Å². The Labute approximate surface area is 230 Å². The molecule has 2 aromatic carbocycles. The molecule has 38 heavy (non-hydrogen) atoms. The maximum Gasteiger partial charge on any atom is 0.410 e. The number of likely N-dealkylation sites (tertiary alicyclic amines) is 1. The number of piperidine rings is 1. The molecule has 0 unspecified atom stereocenters. The van der Waals surface area contributed by atoms with Gasteiger partial charge in [0.2, 0.25) is 0 Å². The molecule has 3 aromatic rings. The highest BCUT2D eigenvalue weighted by Gasteiger charge is 2.37. The number of pyridine rings is 1. The summed E-state index contributed by atoms with van der Waals surface area (Å²) in [7, 11) is 1.72. The number of halogens is 1. The Morgan fingerprint density at radius 1 is 1.13 bits per heavy atom. The molecule has 4 rings (SSSR count). The zero-order valence-electron chi connectivity index (χ0n) is 22.7. The zero-order chi connectivity index (χ0) is 27.3. The molecule has 0 aliphatic carbocycles. The molecule has 1 aromatic heterocycles. The molecule has 6 nitrogen and oxygen atoms in total. The predicted octanol–water partition coefficient (Wildman–Crippen LogP) is 6.73. The fourth-order valence-electron chi connectivity index (χ4n) is 5.27. The van der Waals surface area contributed by atoms with Gasteiger partial charge in [-0.1, -0.05) is 48.0 Å². The summed E-state index contributed by atoms with van der Waals surface area (Å²) in [5, 5.41) is 12.8. The normalized spacial score (nSPS) is 17.9. The summed E-state index contributed by atoms with van der Waals surface area (Å²) in [6.45, 7) is 7.33. The number of hydrogen-bond acceptors (Lipinski definition) is 4. The van der Waals surface area contributed by atoms with E-state index in [0.29, 0.717) is 31.1 Å². The van der Waals surface area contributed by atoms with Gasteiger partial charge in [-0.3, -0.25) is 0 Å². The third kappa shape index (κ3) is 6.86. The highest BCUT2D eigenvalue weighted by Crippen LogP contribution is 2.43. The first-order valence-electron chi connectivity index (χ1n) is 13.2. The lowest BCUT2D eigenvalue weighted by atomic mass is 9.77. The first-order valence-corrected chi connectivity index (χ1v) is 13.6. The van der Waals surface area contributed by atoms with Gasteiger partial charge in [-0.2, -0.15) is 4.73 Å². The minimum atomic E-state index is -0.576. The van der Waals surface area contributed by atoms with Gasteiger partial charge in [0.1, 0.15) is 5.60 Å². The van der Waals surface area contributed by atoms with Crippen LogP contribution in [0.5, 0.6) is 0 Å². The Bertz CT molecular complexity index is 1260. The molecule has 1 aliphatic heterocycles. The summed E-state index contributed by atoms with van der Waals surface area (Å²) in [5.74, 6) is -0.0445. The van der Waals surface area contributed by atoms with Gasteiger partial charge in [0, 0.05) is 55.3 Å². The minimum absolute atomic E-state index is 0.0415. The third-order valence-electron chi connectivity index (χ3n) is 7.01. The Morgan fingerprint density at radius 2 is 1.92 bits per heavy atom. The van der Waals surface area contributed by atoms with Crippen LogP contribution in [0.15, 0.2) is 67.0 Å². The van der Waals surface area contributed by atoms with E-state index in [-0.39, 0.29) is 17.9 Å². The average molecular weight is 537 g/mol. The minimum Gasteiger partial charge on any atom is -0.619 e. The van der Waals surface area contributed by atoms with Crippen molar-refractivity contribution in [2.45, 2.75) is 57.5 Å². The van der Waals surface area contributed by atoms with E-state index >= 15 is 0 Å². The molecule has 7 heteroatoms. The Hall–Kier alpha value is -3.09. The molecule has 0 bridgehead atoms. The number of nitrogens with zero attached hydrogens (tertiary/aromatic N) is 2. The molecule has 1 amide bonds. The Kier molecular flexibility index (Phi) is 8.95. The van der Waals surface area contributed by atoms with E-state index in [1.54, 1.807) is 24.3 Å². The lowest BCUT2D eigenvalue weighted by molar-refractivity contribution is -0.606. The molecule has 2 atom stereocenters. The zero-order valence-corrected chi connectivity index (χ0v) is 23.4. The molecule has 0 radical (unpaired) electrons. The number of carbonyl (C=O) groups excluding carboxylic acids is 1. The van der Waals surface area contributed by atoms with Crippen LogP contribution in [-0.2, 0) is 15.9 Å². The topological polar surface area (TPSA) is 65.7 Å². The predicted molar refractivity (Wildman–Crippen MR) is 150 cm³/mol. The van der Waals surface area contributed by atoms with Crippen molar-refractivity contribution in [3.8, 4) is 11.1 Å². The summed E-state index contributed by atoms with van der Waals surface area (Å²) >= 11 is 6.99. The van der Waals surface area contributed by atoms with Crippen molar-refractivity contribution in [3.05, 3.63) is 93.9 Å². The highest BCUT2D eigenvalue weighted by atomic mass is 35.5. The van der Waals surface area contributed by atoms with Gasteiger partial charge in [-0.15, -0.1) is 0 Å². The van der Waals surface area contributed by atoms with E-state index in [1.807, 2.05) is 39.0 Å². The van der Waals surface area contributed by atoms with Crippen LogP contribution in [0.3, 0.4) is 0 Å². The van der Waals surface area contributed by atoms with E-state index in [9.17, 15) is 10.0 Å². The van der Waals surface area contributed by atoms with Crippen molar-refractivity contribution in [3.63, 3.8) is 0 Å². The summed E-state index contributed by atoms with van der Waals surface area (Å²) in [6, 6.07) is 18.3. The quantitative estimate of drug-likeness (QED) is 0.191. The summed E-state index contributed by atoms with van der Waals surface area (Å²) in [4.78, 5) is 14.7. The number of rotatable bonds is 7. The van der Waals surface area contributed by atoms with E-state index in [4.69, 9.17) is 21.1 Å². The van der Waals surface area contributed by atoms with Gasteiger partial charge >= 0.3 is 6.09 Å². The SMILES string of the molecule is COCCCc1ccccc1-c1ccc([C@H]2CN(C(=O)OC(C)(C)C)CC[C@@H]2c2ccc[n+]([O-])c2)c(Cl)c1. The highest BCUT2D eigenvalue weighted by molar-refractivity contribution is 6.31. The fraction of sp³-hybridized carbons (Fsp3) is 0.419. The van der Waals surface area contributed by atoms with Crippen molar-refractivity contribution in [2.24, 2.45) is 0 Å². The van der Waals surface area contributed by atoms with Gasteiger partial charge in [0.15, 0.2) is 12.4 Å². The maximum atomic E-state index is 13.0. The lowest BCUT2D eigenvalue weighted by Gasteiger charge is -2.39. The molecular formula is C31H37ClN2O4. The van der Waals surface area contributed by atoms with Crippen LogP contribution in [0, 0.1) is 5.21 Å². The molecule has 1 aliphatic rings. The van der Waals surface area contributed by atoms with Gasteiger partial charge < -0.3 is 19.6 Å². The van der Waals surface area contributed by atoms with E-state index < -0.39 is 5.60 Å². The van der Waals surface area contributed by atoms with Crippen LogP contribution in [0.1, 0.15) is 62.1 Å². The smallest absolute Gasteiger partial charge is 0.410 e. The standard InChI is InChI=1S/C31H37ClN2O4/c1-31(2,3)38-30(35)33-17-15-26(24-10-7-16-34(36)20-24)28(21-33)27-14-13-23(19-29(27)32)25-12-6-5-9-22(25)11-8-18-37-4/h5-7,9-10,12-14,16,19-20,26,28H,8,11,15,17-18,21H2,1-4H3/t26-,28+/m1/s1. The number of methoxy groups -OCH3 is 1. The molecule has 1 saturated heterocycles. The van der Waals surface area contributed by atoms with Crippen molar-refractivity contribution in [1.82, 2.24) is 4.90 Å². The third-order valence-corrected chi connectivity index (χ3v) is 7.34. The van der Waals surface area contributed by atoms with Crippen molar-refractivity contribution < 1.29 is 19.0 Å². The average Bonchev–Trinajstić information content (AvgIpc) is 2.88. The molecule has 0 saturated carbocycles. The summed E-state index contributed by atoms with van der Waals surface area (Å²) < 4.78 is 11.7. The Morgan fingerprint density at radius 3 is 2.63 bits per heavy atom. The Balaban J connectivity index is 1.67. The van der Waals surface area contributed by atoms with Gasteiger partial charge in [-0.25, -0.2) is 4.79 Å². The molecule has 2 heterocycles. The number of amides is 1. The fourth-order valence-corrected chi connectivity index (χ4v) is 5.59. The molecule has 1 fully saturated rings. The lowest BCUT2D eigenvalue weighted by Crippen LogP contribution is -2.44. The maximum absolute atomic E-state index is 13.0. The number of ether oxygens (including phenoxy) is 2. The van der Waals surface area contributed by atoms with Crippen molar-refractivity contribution in [1.29, 1.82) is 0 Å². The second-order valence-corrected chi connectivity index (χ2v) is 11.3. The first-order chi connectivity index (χ1) is 18.2. The van der Waals surface area contributed by atoms with Crippen LogP contribution in [0.2, 0.25) is 5.02 Å². The number of benzene rings is 2.